The van der Waals surface area contributed by atoms with Crippen LogP contribution in [0.1, 0.15) is 18.1 Å². The zero-order chi connectivity index (χ0) is 19.1. The van der Waals surface area contributed by atoms with E-state index in [1.807, 2.05) is 61.5 Å². The van der Waals surface area contributed by atoms with E-state index in [-0.39, 0.29) is 10.6 Å². The maximum Gasteiger partial charge on any atom is 0.288 e. The number of nitrogens with one attached hydrogen (secondary N) is 1. The van der Waals surface area contributed by atoms with Gasteiger partial charge >= 0.3 is 0 Å². The molecule has 1 heterocycles. The molecule has 6 nitrogen and oxygen atoms in total. The number of hydrogen-bond acceptors (Lipinski definition) is 5. The number of hydrogen-bond donors (Lipinski definition) is 1. The fraction of sp³-hybridized carbons (Fsp3) is 0.150. The van der Waals surface area contributed by atoms with Crippen LogP contribution >= 0.6 is 11.6 Å². The van der Waals surface area contributed by atoms with Crippen molar-refractivity contribution >= 4 is 23.5 Å². The molecule has 0 spiro atoms. The standard InChI is InChI=1S/C20H19ClN4O2/c1-2-27-18-11-7-6-10-16(18)12-22-24-17-13-23-25(20(26)19(17)21)14-15-8-4-3-5-9-15/h3-13,24H,2,14H2,1H3/b22-12+. The van der Waals surface area contributed by atoms with Gasteiger partial charge in [-0.3, -0.25) is 10.2 Å². The van der Waals surface area contributed by atoms with E-state index < -0.39 is 0 Å². The van der Waals surface area contributed by atoms with E-state index in [1.54, 1.807) is 6.21 Å². The van der Waals surface area contributed by atoms with Crippen molar-refractivity contribution in [2.75, 3.05) is 12.0 Å². The summed E-state index contributed by atoms with van der Waals surface area (Å²) in [4.78, 5) is 12.4. The fourth-order valence-electron chi connectivity index (χ4n) is 2.46. The number of benzene rings is 2. The molecule has 0 unspecified atom stereocenters. The van der Waals surface area contributed by atoms with E-state index in [9.17, 15) is 4.79 Å². The summed E-state index contributed by atoms with van der Waals surface area (Å²) in [5.74, 6) is 0.730. The van der Waals surface area contributed by atoms with Gasteiger partial charge in [0.1, 0.15) is 16.5 Å². The number of aromatic nitrogens is 2. The first-order chi connectivity index (χ1) is 13.2. The van der Waals surface area contributed by atoms with E-state index in [2.05, 4.69) is 15.6 Å². The average Bonchev–Trinajstić information content (AvgIpc) is 2.69. The number of rotatable bonds is 7. The van der Waals surface area contributed by atoms with Crippen LogP contribution in [-0.2, 0) is 6.54 Å². The summed E-state index contributed by atoms with van der Waals surface area (Å²) in [6.07, 6.45) is 3.09. The first kappa shape index (κ1) is 18.7. The van der Waals surface area contributed by atoms with Gasteiger partial charge in [-0.15, -0.1) is 0 Å². The predicted octanol–water partition coefficient (Wildman–Crippen LogP) is 3.79. The molecule has 0 aliphatic heterocycles. The molecule has 2 aromatic carbocycles. The second-order valence-corrected chi connectivity index (χ2v) is 6.04. The van der Waals surface area contributed by atoms with Gasteiger partial charge in [0.2, 0.25) is 0 Å². The average molecular weight is 383 g/mol. The lowest BCUT2D eigenvalue weighted by molar-refractivity contribution is 0.340. The minimum absolute atomic E-state index is 0.0381. The van der Waals surface area contributed by atoms with Gasteiger partial charge in [-0.05, 0) is 24.6 Å². The SMILES string of the molecule is CCOc1ccccc1/C=N/Nc1cnn(Cc2ccccc2)c(=O)c1Cl. The molecular weight excluding hydrogens is 364 g/mol. The molecule has 27 heavy (non-hydrogen) atoms. The summed E-state index contributed by atoms with van der Waals surface area (Å²) < 4.78 is 6.86. The summed E-state index contributed by atoms with van der Waals surface area (Å²) in [5, 5.41) is 8.35. The van der Waals surface area contributed by atoms with Crippen LogP contribution in [0.4, 0.5) is 5.69 Å². The normalized spacial score (nSPS) is 10.9. The molecule has 0 aliphatic rings. The molecule has 0 aliphatic carbocycles. The lowest BCUT2D eigenvalue weighted by atomic mass is 10.2. The first-order valence-corrected chi connectivity index (χ1v) is 8.87. The number of para-hydroxylation sites is 1. The lowest BCUT2D eigenvalue weighted by Crippen LogP contribution is -2.24. The molecule has 0 radical (unpaired) electrons. The van der Waals surface area contributed by atoms with Crippen LogP contribution in [0.25, 0.3) is 0 Å². The number of nitrogens with zero attached hydrogens (tertiary/aromatic N) is 3. The molecule has 3 aromatic rings. The fourth-order valence-corrected chi connectivity index (χ4v) is 2.65. The Kier molecular flexibility index (Phi) is 6.22. The largest absolute Gasteiger partial charge is 0.493 e. The zero-order valence-electron chi connectivity index (χ0n) is 14.8. The molecule has 7 heteroatoms. The van der Waals surface area contributed by atoms with E-state index in [4.69, 9.17) is 16.3 Å². The maximum atomic E-state index is 12.4. The van der Waals surface area contributed by atoms with E-state index >= 15 is 0 Å². The highest BCUT2D eigenvalue weighted by atomic mass is 35.5. The van der Waals surface area contributed by atoms with Crippen LogP contribution in [0.5, 0.6) is 5.75 Å². The number of anilines is 1. The molecule has 138 valence electrons. The van der Waals surface area contributed by atoms with Gasteiger partial charge in [-0.2, -0.15) is 10.2 Å². The Balaban J connectivity index is 1.75. The quantitative estimate of drug-likeness (QED) is 0.498. The van der Waals surface area contributed by atoms with Crippen molar-refractivity contribution in [2.45, 2.75) is 13.5 Å². The minimum Gasteiger partial charge on any atom is -0.493 e. The van der Waals surface area contributed by atoms with E-state index in [0.717, 1.165) is 16.9 Å². The molecule has 0 bridgehead atoms. The molecule has 1 N–H and O–H groups in total. The van der Waals surface area contributed by atoms with E-state index in [1.165, 1.54) is 10.9 Å². The number of ether oxygens (including phenoxy) is 1. The minimum atomic E-state index is -0.379. The van der Waals surface area contributed by atoms with Gasteiger partial charge in [-0.1, -0.05) is 54.1 Å². The van der Waals surface area contributed by atoms with Crippen LogP contribution in [0.2, 0.25) is 5.02 Å². The summed E-state index contributed by atoms with van der Waals surface area (Å²) in [6.45, 7) is 2.83. The molecule has 0 saturated carbocycles. The highest BCUT2D eigenvalue weighted by Crippen LogP contribution is 2.17. The summed E-state index contributed by atoms with van der Waals surface area (Å²) >= 11 is 6.19. The highest BCUT2D eigenvalue weighted by molar-refractivity contribution is 6.32. The molecule has 1 aromatic heterocycles. The monoisotopic (exact) mass is 382 g/mol. The predicted molar refractivity (Wildman–Crippen MR) is 108 cm³/mol. The van der Waals surface area contributed by atoms with Crippen molar-refractivity contribution in [3.8, 4) is 5.75 Å². The zero-order valence-corrected chi connectivity index (χ0v) is 15.6. The number of hydrazone groups is 1. The van der Waals surface area contributed by atoms with Crippen molar-refractivity contribution < 1.29 is 4.74 Å². The van der Waals surface area contributed by atoms with Gasteiger partial charge < -0.3 is 4.74 Å². The van der Waals surface area contributed by atoms with Crippen LogP contribution in [-0.4, -0.2) is 22.6 Å². The summed E-state index contributed by atoms with van der Waals surface area (Å²) in [5.41, 5.74) is 4.51. The third kappa shape index (κ3) is 4.74. The summed E-state index contributed by atoms with van der Waals surface area (Å²) in [7, 11) is 0. The maximum absolute atomic E-state index is 12.4. The van der Waals surface area contributed by atoms with Crippen molar-refractivity contribution in [1.29, 1.82) is 0 Å². The summed E-state index contributed by atoms with van der Waals surface area (Å²) in [6, 6.07) is 17.1. The Morgan fingerprint density at radius 1 is 1.19 bits per heavy atom. The Labute approximate surface area is 162 Å². The second kappa shape index (κ2) is 9.00. The van der Waals surface area contributed by atoms with Gasteiger partial charge in [-0.25, -0.2) is 4.68 Å². The Hall–Kier alpha value is -3.12. The van der Waals surface area contributed by atoms with Gasteiger partial charge in [0.25, 0.3) is 5.56 Å². The lowest BCUT2D eigenvalue weighted by Gasteiger charge is -2.08. The molecular formula is C20H19ClN4O2. The molecule has 0 saturated heterocycles. The molecule has 3 rings (SSSR count). The Bertz CT molecular complexity index is 987. The van der Waals surface area contributed by atoms with Gasteiger partial charge in [0.15, 0.2) is 0 Å². The first-order valence-electron chi connectivity index (χ1n) is 8.49. The van der Waals surface area contributed by atoms with Crippen LogP contribution in [0.15, 0.2) is 70.7 Å². The second-order valence-electron chi connectivity index (χ2n) is 5.66. The van der Waals surface area contributed by atoms with Gasteiger partial charge in [0.05, 0.1) is 25.6 Å². The Morgan fingerprint density at radius 2 is 1.93 bits per heavy atom. The Morgan fingerprint density at radius 3 is 2.70 bits per heavy atom. The molecule has 0 atom stereocenters. The van der Waals surface area contributed by atoms with Crippen LogP contribution < -0.4 is 15.7 Å². The van der Waals surface area contributed by atoms with Crippen LogP contribution in [0.3, 0.4) is 0 Å². The van der Waals surface area contributed by atoms with Crippen molar-refractivity contribution in [3.63, 3.8) is 0 Å². The third-order valence-electron chi connectivity index (χ3n) is 3.77. The van der Waals surface area contributed by atoms with Gasteiger partial charge in [0, 0.05) is 5.56 Å². The number of halogens is 1. The van der Waals surface area contributed by atoms with Crippen LogP contribution in [0, 0.1) is 0 Å². The van der Waals surface area contributed by atoms with E-state index in [0.29, 0.717) is 18.8 Å². The third-order valence-corrected chi connectivity index (χ3v) is 4.13. The topological polar surface area (TPSA) is 68.5 Å². The van der Waals surface area contributed by atoms with Crippen molar-refractivity contribution in [1.82, 2.24) is 9.78 Å². The molecule has 0 amide bonds. The van der Waals surface area contributed by atoms with Crippen molar-refractivity contribution in [2.24, 2.45) is 5.10 Å². The van der Waals surface area contributed by atoms with Crippen molar-refractivity contribution in [3.05, 3.63) is 87.3 Å². The molecule has 0 fully saturated rings. The smallest absolute Gasteiger partial charge is 0.288 e. The highest BCUT2D eigenvalue weighted by Gasteiger charge is 2.09.